The van der Waals surface area contributed by atoms with Crippen molar-refractivity contribution in [1.29, 1.82) is 0 Å². The second-order valence-electron chi connectivity index (χ2n) is 5.57. The molecule has 2 atom stereocenters. The highest BCUT2D eigenvalue weighted by atomic mass is 16.2. The van der Waals surface area contributed by atoms with E-state index < -0.39 is 0 Å². The van der Waals surface area contributed by atoms with Gasteiger partial charge in [0.25, 0.3) is 0 Å². The molecule has 0 bridgehead atoms. The minimum Gasteiger partial charge on any atom is -0.337 e. The average molecular weight is 275 g/mol. The fourth-order valence-corrected chi connectivity index (χ4v) is 3.11. The molecule has 4 nitrogen and oxygen atoms in total. The highest BCUT2D eigenvalue weighted by Crippen LogP contribution is 2.32. The van der Waals surface area contributed by atoms with Gasteiger partial charge in [0.15, 0.2) is 0 Å². The first-order valence-electron chi connectivity index (χ1n) is 7.49. The Hall–Kier alpha value is -1.39. The van der Waals surface area contributed by atoms with E-state index in [-0.39, 0.29) is 11.8 Å². The molecule has 110 valence electrons. The van der Waals surface area contributed by atoms with Crippen LogP contribution >= 0.6 is 0 Å². The highest BCUT2D eigenvalue weighted by Gasteiger charge is 2.34. The lowest BCUT2D eigenvalue weighted by molar-refractivity contribution is -0.137. The van der Waals surface area contributed by atoms with Crippen LogP contribution in [0.15, 0.2) is 30.3 Å². The topological polar surface area (TPSA) is 72.3 Å². The second-order valence-corrected chi connectivity index (χ2v) is 5.57. The molecule has 0 spiro atoms. The molecular weight excluding hydrogens is 250 g/mol. The van der Waals surface area contributed by atoms with Gasteiger partial charge in [-0.1, -0.05) is 36.8 Å². The Bertz CT molecular complexity index is 421. The van der Waals surface area contributed by atoms with Gasteiger partial charge < -0.3 is 16.4 Å². The fourth-order valence-electron chi connectivity index (χ4n) is 3.11. The van der Waals surface area contributed by atoms with E-state index >= 15 is 0 Å². The van der Waals surface area contributed by atoms with Gasteiger partial charge in [-0.25, -0.2) is 0 Å². The van der Waals surface area contributed by atoms with Crippen molar-refractivity contribution in [3.63, 3.8) is 0 Å². The predicted molar refractivity (Wildman–Crippen MR) is 80.8 cm³/mol. The van der Waals surface area contributed by atoms with Crippen molar-refractivity contribution in [3.8, 4) is 0 Å². The summed E-state index contributed by atoms with van der Waals surface area (Å²) in [5.74, 6) is 0.668. The lowest BCUT2D eigenvalue weighted by Gasteiger charge is -2.28. The first-order valence-corrected chi connectivity index (χ1v) is 7.49. The van der Waals surface area contributed by atoms with E-state index in [4.69, 9.17) is 11.5 Å². The monoisotopic (exact) mass is 275 g/mol. The van der Waals surface area contributed by atoms with Gasteiger partial charge in [-0.2, -0.15) is 0 Å². The third-order valence-corrected chi connectivity index (χ3v) is 4.21. The molecule has 2 rings (SSSR count). The summed E-state index contributed by atoms with van der Waals surface area (Å²) >= 11 is 0. The summed E-state index contributed by atoms with van der Waals surface area (Å²) in [6.07, 6.45) is 3.16. The molecule has 1 aliphatic carbocycles. The zero-order chi connectivity index (χ0) is 14.4. The lowest BCUT2D eigenvalue weighted by Crippen LogP contribution is -2.41. The Morgan fingerprint density at radius 1 is 1.20 bits per heavy atom. The van der Waals surface area contributed by atoms with Crippen LogP contribution in [-0.4, -0.2) is 30.4 Å². The number of nitrogens with zero attached hydrogens (tertiary/aromatic N) is 1. The van der Waals surface area contributed by atoms with Crippen LogP contribution in [-0.2, 0) is 11.3 Å². The van der Waals surface area contributed by atoms with E-state index in [9.17, 15) is 4.79 Å². The standard InChI is InChI=1S/C16H25N3O/c17-9-10-19(12-13-5-2-1-3-6-13)16(20)15-8-4-7-14(15)11-18/h1-3,5-6,14-15H,4,7-12,17-18H2/t14-,15-/m1/s1. The summed E-state index contributed by atoms with van der Waals surface area (Å²) in [5.41, 5.74) is 12.6. The molecule has 1 aromatic carbocycles. The van der Waals surface area contributed by atoms with Gasteiger partial charge in [-0.15, -0.1) is 0 Å². The summed E-state index contributed by atoms with van der Waals surface area (Å²) in [4.78, 5) is 14.6. The molecule has 0 saturated heterocycles. The smallest absolute Gasteiger partial charge is 0.226 e. The van der Waals surface area contributed by atoms with Crippen LogP contribution in [0.4, 0.5) is 0 Å². The van der Waals surface area contributed by atoms with Gasteiger partial charge in [0.2, 0.25) is 5.91 Å². The molecular formula is C16H25N3O. The number of carbonyl (C=O) groups is 1. The van der Waals surface area contributed by atoms with Crippen LogP contribution < -0.4 is 11.5 Å². The van der Waals surface area contributed by atoms with Crippen molar-refractivity contribution in [2.75, 3.05) is 19.6 Å². The number of carbonyl (C=O) groups excluding carboxylic acids is 1. The van der Waals surface area contributed by atoms with Gasteiger partial charge >= 0.3 is 0 Å². The van der Waals surface area contributed by atoms with E-state index in [1.165, 1.54) is 0 Å². The Morgan fingerprint density at radius 2 is 1.95 bits per heavy atom. The minimum atomic E-state index is 0.0928. The second kappa shape index (κ2) is 7.41. The van der Waals surface area contributed by atoms with E-state index in [1.54, 1.807) is 0 Å². The normalized spacial score (nSPS) is 21.9. The Balaban J connectivity index is 2.05. The number of hydrogen-bond donors (Lipinski definition) is 2. The number of nitrogens with two attached hydrogens (primary N) is 2. The van der Waals surface area contributed by atoms with Crippen molar-refractivity contribution < 1.29 is 4.79 Å². The summed E-state index contributed by atoms with van der Waals surface area (Å²) in [7, 11) is 0. The zero-order valence-electron chi connectivity index (χ0n) is 12.0. The van der Waals surface area contributed by atoms with Gasteiger partial charge in [0.1, 0.15) is 0 Å². The largest absolute Gasteiger partial charge is 0.337 e. The Labute approximate surface area is 121 Å². The quantitative estimate of drug-likeness (QED) is 0.823. The molecule has 0 radical (unpaired) electrons. The van der Waals surface area contributed by atoms with Crippen LogP contribution in [0.25, 0.3) is 0 Å². The first kappa shape index (κ1) is 15.0. The summed E-state index contributed by atoms with van der Waals surface area (Å²) in [5, 5.41) is 0. The van der Waals surface area contributed by atoms with Crippen molar-refractivity contribution in [2.24, 2.45) is 23.3 Å². The maximum absolute atomic E-state index is 12.7. The van der Waals surface area contributed by atoms with E-state index in [1.807, 2.05) is 35.2 Å². The molecule has 1 saturated carbocycles. The number of rotatable bonds is 6. The number of amides is 1. The molecule has 0 heterocycles. The van der Waals surface area contributed by atoms with Crippen molar-refractivity contribution >= 4 is 5.91 Å². The molecule has 1 amide bonds. The molecule has 4 heteroatoms. The van der Waals surface area contributed by atoms with E-state index in [2.05, 4.69) is 0 Å². The molecule has 1 fully saturated rings. The van der Waals surface area contributed by atoms with Gasteiger partial charge in [-0.05, 0) is 30.9 Å². The molecule has 20 heavy (non-hydrogen) atoms. The molecule has 0 aromatic heterocycles. The first-order chi connectivity index (χ1) is 9.76. The summed E-state index contributed by atoms with van der Waals surface area (Å²) < 4.78 is 0. The minimum absolute atomic E-state index is 0.0928. The van der Waals surface area contributed by atoms with E-state index in [0.717, 1.165) is 24.8 Å². The highest BCUT2D eigenvalue weighted by molar-refractivity contribution is 5.79. The van der Waals surface area contributed by atoms with Gasteiger partial charge in [0, 0.05) is 25.6 Å². The number of benzene rings is 1. The maximum Gasteiger partial charge on any atom is 0.226 e. The van der Waals surface area contributed by atoms with Crippen LogP contribution in [0.3, 0.4) is 0 Å². The van der Waals surface area contributed by atoms with Gasteiger partial charge in [0.05, 0.1) is 0 Å². The summed E-state index contributed by atoms with van der Waals surface area (Å²) in [6.45, 7) is 2.36. The Morgan fingerprint density at radius 3 is 2.60 bits per heavy atom. The zero-order valence-corrected chi connectivity index (χ0v) is 12.0. The third-order valence-electron chi connectivity index (χ3n) is 4.21. The molecule has 1 aliphatic rings. The lowest BCUT2D eigenvalue weighted by atomic mass is 9.94. The Kier molecular flexibility index (Phi) is 5.56. The van der Waals surface area contributed by atoms with Crippen molar-refractivity contribution in [1.82, 2.24) is 4.90 Å². The van der Waals surface area contributed by atoms with Crippen molar-refractivity contribution in [3.05, 3.63) is 35.9 Å². The predicted octanol–water partition coefficient (Wildman–Crippen LogP) is 1.35. The van der Waals surface area contributed by atoms with Crippen LogP contribution in [0, 0.1) is 11.8 Å². The summed E-state index contributed by atoms with van der Waals surface area (Å²) in [6, 6.07) is 10.1. The van der Waals surface area contributed by atoms with Crippen molar-refractivity contribution in [2.45, 2.75) is 25.8 Å². The third kappa shape index (κ3) is 3.58. The molecule has 0 aliphatic heterocycles. The molecule has 4 N–H and O–H groups in total. The van der Waals surface area contributed by atoms with Crippen LogP contribution in [0.2, 0.25) is 0 Å². The van der Waals surface area contributed by atoms with Gasteiger partial charge in [-0.3, -0.25) is 4.79 Å². The maximum atomic E-state index is 12.7. The fraction of sp³-hybridized carbons (Fsp3) is 0.562. The number of hydrogen-bond acceptors (Lipinski definition) is 3. The van der Waals surface area contributed by atoms with Crippen LogP contribution in [0.5, 0.6) is 0 Å². The molecule has 1 aromatic rings. The SMILES string of the molecule is NCCN(Cc1ccccc1)C(=O)[C@@H]1CCC[C@@H]1CN. The van der Waals surface area contributed by atoms with E-state index in [0.29, 0.717) is 32.1 Å². The molecule has 0 unspecified atom stereocenters. The average Bonchev–Trinajstić information content (AvgIpc) is 2.95. The van der Waals surface area contributed by atoms with Crippen LogP contribution in [0.1, 0.15) is 24.8 Å².